The molecule has 0 aromatic carbocycles. The van der Waals surface area contributed by atoms with Crippen molar-refractivity contribution in [2.45, 2.75) is 6.10 Å². The fourth-order valence-electron chi connectivity index (χ4n) is 1.17. The van der Waals surface area contributed by atoms with Crippen molar-refractivity contribution in [3.05, 3.63) is 53.3 Å². The van der Waals surface area contributed by atoms with E-state index in [1.54, 1.807) is 18.3 Å². The highest BCUT2D eigenvalue weighted by atomic mass is 35.5. The number of pyridine rings is 1. The normalized spacial score (nSPS) is 12.4. The van der Waals surface area contributed by atoms with Crippen LogP contribution in [0.1, 0.15) is 17.4 Å². The van der Waals surface area contributed by atoms with Gasteiger partial charge in [0.15, 0.2) is 0 Å². The highest BCUT2D eigenvalue weighted by molar-refractivity contribution is 6.28. The van der Waals surface area contributed by atoms with E-state index < -0.39 is 6.10 Å². The van der Waals surface area contributed by atoms with Gasteiger partial charge in [-0.2, -0.15) is 0 Å². The monoisotopic (exact) mass is 221 g/mol. The molecule has 0 aliphatic rings. The first-order valence-electron chi connectivity index (χ1n) is 4.34. The molecule has 0 amide bonds. The molecule has 2 aromatic heterocycles. The average Bonchev–Trinajstić information content (AvgIpc) is 2.30. The van der Waals surface area contributed by atoms with Crippen molar-refractivity contribution < 1.29 is 5.11 Å². The average molecular weight is 222 g/mol. The van der Waals surface area contributed by atoms with Gasteiger partial charge in [-0.1, -0.05) is 6.07 Å². The van der Waals surface area contributed by atoms with Gasteiger partial charge in [0.25, 0.3) is 0 Å². The Kier molecular flexibility index (Phi) is 2.89. The second-order valence-corrected chi connectivity index (χ2v) is 3.28. The van der Waals surface area contributed by atoms with E-state index in [9.17, 15) is 5.11 Å². The lowest BCUT2D eigenvalue weighted by molar-refractivity contribution is 0.214. The molecule has 0 bridgehead atoms. The molecule has 0 fully saturated rings. The summed E-state index contributed by atoms with van der Waals surface area (Å²) >= 11 is 5.54. The Labute approximate surface area is 91.6 Å². The number of hydrogen-bond donors (Lipinski definition) is 1. The van der Waals surface area contributed by atoms with E-state index in [1.807, 2.05) is 6.07 Å². The number of hydrogen-bond acceptors (Lipinski definition) is 4. The number of halogens is 1. The lowest BCUT2D eigenvalue weighted by atomic mass is 10.1. The van der Waals surface area contributed by atoms with Gasteiger partial charge >= 0.3 is 0 Å². The second-order valence-electron chi connectivity index (χ2n) is 2.94. The molecule has 1 unspecified atom stereocenters. The molecule has 1 atom stereocenters. The van der Waals surface area contributed by atoms with Gasteiger partial charge < -0.3 is 5.11 Å². The van der Waals surface area contributed by atoms with Crippen molar-refractivity contribution in [3.8, 4) is 0 Å². The lowest BCUT2D eigenvalue weighted by Gasteiger charge is -2.08. The number of aliphatic hydroxyl groups excluding tert-OH is 1. The van der Waals surface area contributed by atoms with Crippen LogP contribution in [0.5, 0.6) is 0 Å². The molecular weight excluding hydrogens is 214 g/mol. The van der Waals surface area contributed by atoms with Crippen LogP contribution in [-0.2, 0) is 0 Å². The van der Waals surface area contributed by atoms with Crippen molar-refractivity contribution in [3.63, 3.8) is 0 Å². The van der Waals surface area contributed by atoms with E-state index in [0.29, 0.717) is 11.3 Å². The summed E-state index contributed by atoms with van der Waals surface area (Å²) in [6.45, 7) is 0. The Balaban J connectivity index is 2.29. The largest absolute Gasteiger partial charge is 0.382 e. The molecule has 0 spiro atoms. The summed E-state index contributed by atoms with van der Waals surface area (Å²) in [7, 11) is 0. The van der Waals surface area contributed by atoms with Crippen molar-refractivity contribution >= 4 is 11.6 Å². The first-order valence-corrected chi connectivity index (χ1v) is 4.71. The summed E-state index contributed by atoms with van der Waals surface area (Å²) in [4.78, 5) is 11.6. The summed E-state index contributed by atoms with van der Waals surface area (Å²) in [6, 6.07) is 5.33. The topological polar surface area (TPSA) is 58.9 Å². The Morgan fingerprint density at radius 2 is 1.87 bits per heavy atom. The second kappa shape index (κ2) is 4.33. The SMILES string of the molecule is OC(c1cnc(Cl)nc1)c1ccccn1. The Morgan fingerprint density at radius 3 is 2.47 bits per heavy atom. The Morgan fingerprint density at radius 1 is 1.13 bits per heavy atom. The van der Waals surface area contributed by atoms with Crippen LogP contribution in [0.15, 0.2) is 36.8 Å². The predicted molar refractivity (Wildman–Crippen MR) is 55.3 cm³/mol. The molecule has 4 nitrogen and oxygen atoms in total. The maximum atomic E-state index is 9.90. The number of aliphatic hydroxyl groups is 1. The van der Waals surface area contributed by atoms with Gasteiger partial charge in [0.05, 0.1) is 5.69 Å². The van der Waals surface area contributed by atoms with Gasteiger partial charge in [0.2, 0.25) is 5.28 Å². The third kappa shape index (κ3) is 2.29. The van der Waals surface area contributed by atoms with Gasteiger partial charge in [0, 0.05) is 24.2 Å². The first-order chi connectivity index (χ1) is 7.27. The van der Waals surface area contributed by atoms with E-state index in [4.69, 9.17) is 11.6 Å². The highest BCUT2D eigenvalue weighted by Crippen LogP contribution is 2.18. The van der Waals surface area contributed by atoms with Gasteiger partial charge in [-0.05, 0) is 23.7 Å². The van der Waals surface area contributed by atoms with Crippen molar-refractivity contribution in [1.82, 2.24) is 15.0 Å². The van der Waals surface area contributed by atoms with E-state index in [2.05, 4.69) is 15.0 Å². The van der Waals surface area contributed by atoms with Crippen molar-refractivity contribution in [2.24, 2.45) is 0 Å². The smallest absolute Gasteiger partial charge is 0.222 e. The number of rotatable bonds is 2. The van der Waals surface area contributed by atoms with Crippen LogP contribution in [0.25, 0.3) is 0 Å². The summed E-state index contributed by atoms with van der Waals surface area (Å²) in [5.41, 5.74) is 1.13. The van der Waals surface area contributed by atoms with Gasteiger partial charge in [0.1, 0.15) is 6.10 Å². The van der Waals surface area contributed by atoms with Gasteiger partial charge in [-0.25, -0.2) is 9.97 Å². The van der Waals surface area contributed by atoms with Crippen molar-refractivity contribution in [2.75, 3.05) is 0 Å². The third-order valence-corrected chi connectivity index (χ3v) is 2.12. The molecule has 0 aliphatic heterocycles. The molecule has 0 radical (unpaired) electrons. The molecule has 2 aromatic rings. The maximum absolute atomic E-state index is 9.90. The molecule has 0 aliphatic carbocycles. The molecule has 5 heteroatoms. The fraction of sp³-hybridized carbons (Fsp3) is 0.100. The molecule has 0 saturated carbocycles. The Bertz CT molecular complexity index is 432. The molecule has 1 N–H and O–H groups in total. The molecule has 76 valence electrons. The van der Waals surface area contributed by atoms with Crippen LogP contribution in [-0.4, -0.2) is 20.1 Å². The van der Waals surface area contributed by atoms with Crippen LogP contribution in [0.3, 0.4) is 0 Å². The van der Waals surface area contributed by atoms with Crippen LogP contribution >= 0.6 is 11.6 Å². The van der Waals surface area contributed by atoms with Crippen LogP contribution < -0.4 is 0 Å². The minimum atomic E-state index is -0.816. The third-order valence-electron chi connectivity index (χ3n) is 1.92. The predicted octanol–water partition coefficient (Wildman–Crippen LogP) is 1.61. The fourth-order valence-corrected chi connectivity index (χ4v) is 1.27. The van der Waals surface area contributed by atoms with E-state index in [1.165, 1.54) is 12.4 Å². The van der Waals surface area contributed by atoms with E-state index in [-0.39, 0.29) is 5.28 Å². The molecule has 2 rings (SSSR count). The minimum absolute atomic E-state index is 0.159. The lowest BCUT2D eigenvalue weighted by Crippen LogP contribution is -2.02. The van der Waals surface area contributed by atoms with Crippen LogP contribution in [0, 0.1) is 0 Å². The summed E-state index contributed by atoms with van der Waals surface area (Å²) in [6.07, 6.45) is 3.77. The summed E-state index contributed by atoms with van der Waals surface area (Å²) in [5, 5.41) is 10.1. The first kappa shape index (κ1) is 10.0. The standard InChI is InChI=1S/C10H8ClN3O/c11-10-13-5-7(6-14-10)9(15)8-3-1-2-4-12-8/h1-6,9,15H. The number of nitrogens with zero attached hydrogens (tertiary/aromatic N) is 3. The molecule has 15 heavy (non-hydrogen) atoms. The van der Waals surface area contributed by atoms with Crippen molar-refractivity contribution in [1.29, 1.82) is 0 Å². The maximum Gasteiger partial charge on any atom is 0.222 e. The summed E-state index contributed by atoms with van der Waals surface area (Å²) in [5.74, 6) is 0. The summed E-state index contributed by atoms with van der Waals surface area (Å²) < 4.78 is 0. The highest BCUT2D eigenvalue weighted by Gasteiger charge is 2.11. The Hall–Kier alpha value is -1.52. The van der Waals surface area contributed by atoms with E-state index in [0.717, 1.165) is 0 Å². The van der Waals surface area contributed by atoms with Crippen LogP contribution in [0.4, 0.5) is 0 Å². The number of aromatic nitrogens is 3. The zero-order valence-corrected chi connectivity index (χ0v) is 8.46. The van der Waals surface area contributed by atoms with Gasteiger partial charge in [-0.15, -0.1) is 0 Å². The quantitative estimate of drug-likeness (QED) is 0.783. The zero-order chi connectivity index (χ0) is 10.7. The minimum Gasteiger partial charge on any atom is -0.382 e. The molecular formula is C10H8ClN3O. The molecule has 2 heterocycles. The van der Waals surface area contributed by atoms with Crippen LogP contribution in [0.2, 0.25) is 5.28 Å². The van der Waals surface area contributed by atoms with E-state index >= 15 is 0 Å². The van der Waals surface area contributed by atoms with Gasteiger partial charge in [-0.3, -0.25) is 4.98 Å². The zero-order valence-electron chi connectivity index (χ0n) is 7.71. The molecule has 0 saturated heterocycles.